The summed E-state index contributed by atoms with van der Waals surface area (Å²) in [5.74, 6) is 0.227. The minimum Gasteiger partial charge on any atom is -0.381 e. The second-order valence-corrected chi connectivity index (χ2v) is 3.26. The van der Waals surface area contributed by atoms with E-state index < -0.39 is 0 Å². The van der Waals surface area contributed by atoms with Gasteiger partial charge in [-0.3, -0.25) is 4.79 Å². The number of carbonyl (C=O) groups excluding carboxylic acids is 1. The van der Waals surface area contributed by atoms with Gasteiger partial charge in [-0.2, -0.15) is 0 Å². The summed E-state index contributed by atoms with van der Waals surface area (Å²) < 4.78 is 5.23. The molecular weight excluding hydrogens is 156 g/mol. The second-order valence-electron chi connectivity index (χ2n) is 3.26. The summed E-state index contributed by atoms with van der Waals surface area (Å²) in [6, 6.07) is 0.319. The number of hydrogen-bond donors (Lipinski definition) is 2. The molecule has 12 heavy (non-hydrogen) atoms. The maximum Gasteiger partial charge on any atom is 0.231 e. The fraction of sp³-hybridized carbons (Fsp3) is 0.875. The molecule has 1 heterocycles. The van der Waals surface area contributed by atoms with Gasteiger partial charge < -0.3 is 15.8 Å². The maximum absolute atomic E-state index is 10.4. The van der Waals surface area contributed by atoms with E-state index in [1.807, 2.05) is 0 Å². The van der Waals surface area contributed by atoms with Crippen LogP contribution >= 0.6 is 0 Å². The van der Waals surface area contributed by atoms with Crippen LogP contribution in [0.3, 0.4) is 0 Å². The first kappa shape index (κ1) is 9.48. The quantitative estimate of drug-likeness (QED) is 0.600. The van der Waals surface area contributed by atoms with Crippen LogP contribution in [0.2, 0.25) is 0 Å². The molecule has 4 heteroatoms. The average molecular weight is 172 g/mol. The molecule has 2 unspecified atom stereocenters. The van der Waals surface area contributed by atoms with Crippen molar-refractivity contribution >= 4 is 5.91 Å². The molecule has 0 aromatic carbocycles. The molecule has 0 aromatic rings. The third kappa shape index (κ3) is 2.79. The first-order chi connectivity index (χ1) is 5.70. The van der Waals surface area contributed by atoms with E-state index in [2.05, 4.69) is 12.2 Å². The van der Waals surface area contributed by atoms with Crippen LogP contribution in [0, 0.1) is 5.92 Å². The van der Waals surface area contributed by atoms with Gasteiger partial charge in [0, 0.05) is 12.6 Å². The molecule has 2 atom stereocenters. The highest BCUT2D eigenvalue weighted by Gasteiger charge is 2.21. The number of nitrogens with one attached hydrogen (secondary N) is 1. The van der Waals surface area contributed by atoms with Gasteiger partial charge in [0.1, 0.15) is 0 Å². The SMILES string of the molecule is CC(NCC(N)=O)C1CCOC1. The van der Waals surface area contributed by atoms with Gasteiger partial charge in [0.05, 0.1) is 13.2 Å². The van der Waals surface area contributed by atoms with Crippen molar-refractivity contribution in [3.63, 3.8) is 0 Å². The van der Waals surface area contributed by atoms with Gasteiger partial charge >= 0.3 is 0 Å². The Morgan fingerprint density at radius 2 is 2.58 bits per heavy atom. The fourth-order valence-corrected chi connectivity index (χ4v) is 1.38. The van der Waals surface area contributed by atoms with Gasteiger partial charge in [-0.25, -0.2) is 0 Å². The smallest absolute Gasteiger partial charge is 0.231 e. The van der Waals surface area contributed by atoms with Crippen LogP contribution in [0.1, 0.15) is 13.3 Å². The molecule has 1 fully saturated rings. The van der Waals surface area contributed by atoms with Crippen LogP contribution in [0.5, 0.6) is 0 Å². The number of ether oxygens (including phenoxy) is 1. The van der Waals surface area contributed by atoms with E-state index in [1.165, 1.54) is 0 Å². The number of primary amides is 1. The lowest BCUT2D eigenvalue weighted by molar-refractivity contribution is -0.117. The van der Waals surface area contributed by atoms with Gasteiger partial charge in [-0.15, -0.1) is 0 Å². The van der Waals surface area contributed by atoms with E-state index in [0.717, 1.165) is 19.6 Å². The van der Waals surface area contributed by atoms with E-state index in [-0.39, 0.29) is 12.5 Å². The van der Waals surface area contributed by atoms with E-state index in [1.54, 1.807) is 0 Å². The molecule has 0 spiro atoms. The lowest BCUT2D eigenvalue weighted by atomic mass is 10.0. The van der Waals surface area contributed by atoms with Gasteiger partial charge in [0.2, 0.25) is 5.91 Å². The van der Waals surface area contributed by atoms with Gasteiger partial charge in [0.15, 0.2) is 0 Å². The van der Waals surface area contributed by atoms with Crippen LogP contribution in [0.4, 0.5) is 0 Å². The normalized spacial score (nSPS) is 25.6. The molecule has 1 aliphatic rings. The minimum absolute atomic E-state index is 0.262. The van der Waals surface area contributed by atoms with Crippen LogP contribution < -0.4 is 11.1 Å². The summed E-state index contributed by atoms with van der Waals surface area (Å²) in [4.78, 5) is 10.4. The summed E-state index contributed by atoms with van der Waals surface area (Å²) in [6.07, 6.45) is 1.08. The molecule has 3 N–H and O–H groups in total. The van der Waals surface area contributed by atoms with Crippen LogP contribution in [0.25, 0.3) is 0 Å². The van der Waals surface area contributed by atoms with E-state index >= 15 is 0 Å². The zero-order valence-electron chi connectivity index (χ0n) is 7.38. The van der Waals surface area contributed by atoms with Crippen molar-refractivity contribution in [3.05, 3.63) is 0 Å². The Morgan fingerprint density at radius 3 is 3.08 bits per heavy atom. The van der Waals surface area contributed by atoms with Crippen molar-refractivity contribution < 1.29 is 9.53 Å². The van der Waals surface area contributed by atoms with Crippen molar-refractivity contribution in [1.82, 2.24) is 5.32 Å². The fourth-order valence-electron chi connectivity index (χ4n) is 1.38. The number of nitrogens with two attached hydrogens (primary N) is 1. The highest BCUT2D eigenvalue weighted by atomic mass is 16.5. The average Bonchev–Trinajstić information content (AvgIpc) is 2.51. The summed E-state index contributed by atoms with van der Waals surface area (Å²) in [5.41, 5.74) is 5.01. The molecule has 0 aromatic heterocycles. The van der Waals surface area contributed by atoms with E-state index in [9.17, 15) is 4.79 Å². The predicted octanol–water partition coefficient (Wildman–Crippen LogP) is -0.514. The Bertz CT molecular complexity index is 155. The summed E-state index contributed by atoms with van der Waals surface area (Å²) in [5, 5.41) is 3.07. The van der Waals surface area contributed by atoms with E-state index in [0.29, 0.717) is 12.0 Å². The molecular formula is C8H16N2O2. The highest BCUT2D eigenvalue weighted by Crippen LogP contribution is 2.15. The molecule has 70 valence electrons. The Kier molecular flexibility index (Phi) is 3.49. The third-order valence-corrected chi connectivity index (χ3v) is 2.27. The zero-order chi connectivity index (χ0) is 8.97. The molecule has 0 saturated carbocycles. The Morgan fingerprint density at radius 1 is 1.83 bits per heavy atom. The first-order valence-corrected chi connectivity index (χ1v) is 4.29. The van der Waals surface area contributed by atoms with Crippen LogP contribution in [-0.4, -0.2) is 31.7 Å². The van der Waals surface area contributed by atoms with Crippen molar-refractivity contribution in [3.8, 4) is 0 Å². The predicted molar refractivity (Wildman–Crippen MR) is 45.6 cm³/mol. The lowest BCUT2D eigenvalue weighted by Crippen LogP contribution is -2.39. The number of amides is 1. The Hall–Kier alpha value is -0.610. The molecule has 1 amide bonds. The van der Waals surface area contributed by atoms with Crippen LogP contribution in [-0.2, 0) is 9.53 Å². The largest absolute Gasteiger partial charge is 0.381 e. The second kappa shape index (κ2) is 4.42. The Labute approximate surface area is 72.5 Å². The number of hydrogen-bond acceptors (Lipinski definition) is 3. The third-order valence-electron chi connectivity index (χ3n) is 2.27. The minimum atomic E-state index is -0.305. The molecule has 1 aliphatic heterocycles. The Balaban J connectivity index is 2.17. The van der Waals surface area contributed by atoms with E-state index in [4.69, 9.17) is 10.5 Å². The van der Waals surface area contributed by atoms with Gasteiger partial charge in [0.25, 0.3) is 0 Å². The van der Waals surface area contributed by atoms with Gasteiger partial charge in [-0.1, -0.05) is 0 Å². The molecule has 0 aliphatic carbocycles. The van der Waals surface area contributed by atoms with Crippen LogP contribution in [0.15, 0.2) is 0 Å². The summed E-state index contributed by atoms with van der Waals surface area (Å²) in [7, 11) is 0. The zero-order valence-corrected chi connectivity index (χ0v) is 7.38. The topological polar surface area (TPSA) is 64.3 Å². The van der Waals surface area contributed by atoms with Crippen molar-refractivity contribution in [2.24, 2.45) is 11.7 Å². The van der Waals surface area contributed by atoms with Crippen molar-refractivity contribution in [2.75, 3.05) is 19.8 Å². The molecule has 1 saturated heterocycles. The lowest BCUT2D eigenvalue weighted by Gasteiger charge is -2.17. The van der Waals surface area contributed by atoms with Crippen molar-refractivity contribution in [1.29, 1.82) is 0 Å². The number of rotatable bonds is 4. The van der Waals surface area contributed by atoms with Gasteiger partial charge in [-0.05, 0) is 19.3 Å². The van der Waals surface area contributed by atoms with Crippen molar-refractivity contribution in [2.45, 2.75) is 19.4 Å². The number of carbonyl (C=O) groups is 1. The standard InChI is InChI=1S/C8H16N2O2/c1-6(10-4-8(9)11)7-2-3-12-5-7/h6-7,10H,2-5H2,1H3,(H2,9,11). The molecule has 0 bridgehead atoms. The molecule has 0 radical (unpaired) electrons. The monoisotopic (exact) mass is 172 g/mol. The summed E-state index contributed by atoms with van der Waals surface area (Å²) >= 11 is 0. The maximum atomic E-state index is 10.4. The molecule has 4 nitrogen and oxygen atoms in total. The first-order valence-electron chi connectivity index (χ1n) is 4.29. The highest BCUT2D eigenvalue weighted by molar-refractivity contribution is 5.75. The molecule has 1 rings (SSSR count). The summed E-state index contributed by atoms with van der Waals surface area (Å²) in [6.45, 7) is 3.96.